The van der Waals surface area contributed by atoms with E-state index in [4.69, 9.17) is 5.73 Å². The summed E-state index contributed by atoms with van der Waals surface area (Å²) < 4.78 is 0. The van der Waals surface area contributed by atoms with Crippen LogP contribution in [0.25, 0.3) is 0 Å². The summed E-state index contributed by atoms with van der Waals surface area (Å²) in [6.45, 7) is 8.19. The first-order valence-corrected chi connectivity index (χ1v) is 7.42. The molecule has 3 nitrogen and oxygen atoms in total. The highest BCUT2D eigenvalue weighted by Gasteiger charge is 2.30. The molecule has 0 bridgehead atoms. The molecule has 3 heteroatoms. The van der Waals surface area contributed by atoms with Crippen LogP contribution in [0.15, 0.2) is 0 Å². The molecule has 1 fully saturated rings. The molecule has 1 amide bonds. The number of hydrogen-bond acceptors (Lipinski definition) is 2. The van der Waals surface area contributed by atoms with Gasteiger partial charge in [-0.2, -0.15) is 0 Å². The van der Waals surface area contributed by atoms with Crippen molar-refractivity contribution in [3.63, 3.8) is 0 Å². The highest BCUT2D eigenvalue weighted by molar-refractivity contribution is 5.82. The number of rotatable bonds is 4. The Morgan fingerprint density at radius 2 is 1.83 bits per heavy atom. The Kier molecular flexibility index (Phi) is 5.64. The first-order valence-electron chi connectivity index (χ1n) is 7.42. The van der Waals surface area contributed by atoms with Crippen LogP contribution in [0, 0.1) is 11.3 Å². The van der Waals surface area contributed by atoms with Gasteiger partial charge in [0.1, 0.15) is 0 Å². The van der Waals surface area contributed by atoms with Crippen LogP contribution in [0.5, 0.6) is 0 Å². The van der Waals surface area contributed by atoms with Crippen molar-refractivity contribution in [3.05, 3.63) is 0 Å². The monoisotopic (exact) mass is 254 g/mol. The van der Waals surface area contributed by atoms with Gasteiger partial charge in [-0.05, 0) is 30.6 Å². The van der Waals surface area contributed by atoms with Crippen molar-refractivity contribution >= 4 is 5.91 Å². The van der Waals surface area contributed by atoms with Crippen LogP contribution in [0.1, 0.15) is 66.2 Å². The van der Waals surface area contributed by atoms with Crippen LogP contribution in [-0.2, 0) is 4.79 Å². The molecule has 106 valence electrons. The third-order valence-electron chi connectivity index (χ3n) is 4.20. The Labute approximate surface area is 112 Å². The molecule has 0 radical (unpaired) electrons. The smallest absolute Gasteiger partial charge is 0.237 e. The third-order valence-corrected chi connectivity index (χ3v) is 4.20. The summed E-state index contributed by atoms with van der Waals surface area (Å²) in [6, 6.07) is -0.110. The maximum absolute atomic E-state index is 12.2. The standard InChI is InChI=1S/C15H30N2O/c1-5-12(11-9-7-6-8-10-11)17-14(18)13(16)15(2,3)4/h11-13H,5-10,16H2,1-4H3,(H,17,18). The molecular weight excluding hydrogens is 224 g/mol. The van der Waals surface area contributed by atoms with Gasteiger partial charge in [-0.15, -0.1) is 0 Å². The first kappa shape index (κ1) is 15.5. The molecule has 0 aromatic rings. The van der Waals surface area contributed by atoms with E-state index in [1.165, 1.54) is 32.1 Å². The molecule has 0 aliphatic heterocycles. The second-order valence-corrected chi connectivity index (χ2v) is 6.77. The fourth-order valence-corrected chi connectivity index (χ4v) is 2.76. The second kappa shape index (κ2) is 6.55. The zero-order chi connectivity index (χ0) is 13.8. The van der Waals surface area contributed by atoms with Crippen molar-refractivity contribution < 1.29 is 4.79 Å². The minimum absolute atomic E-state index is 0.0138. The lowest BCUT2D eigenvalue weighted by molar-refractivity contribution is -0.125. The lowest BCUT2D eigenvalue weighted by Crippen LogP contribution is -2.52. The molecule has 0 saturated heterocycles. The maximum atomic E-state index is 12.2. The summed E-state index contributed by atoms with van der Waals surface area (Å²) in [5, 5.41) is 3.18. The summed E-state index contributed by atoms with van der Waals surface area (Å²) in [5.41, 5.74) is 5.84. The van der Waals surface area contributed by atoms with Crippen molar-refractivity contribution in [1.29, 1.82) is 0 Å². The van der Waals surface area contributed by atoms with Crippen LogP contribution in [0.4, 0.5) is 0 Å². The maximum Gasteiger partial charge on any atom is 0.237 e. The predicted octanol–water partition coefficient (Wildman–Crippen LogP) is 2.83. The molecule has 1 aliphatic carbocycles. The highest BCUT2D eigenvalue weighted by atomic mass is 16.2. The fraction of sp³-hybridized carbons (Fsp3) is 0.933. The molecular formula is C15H30N2O. The minimum Gasteiger partial charge on any atom is -0.352 e. The van der Waals surface area contributed by atoms with E-state index in [-0.39, 0.29) is 11.3 Å². The van der Waals surface area contributed by atoms with Gasteiger partial charge in [0.15, 0.2) is 0 Å². The second-order valence-electron chi connectivity index (χ2n) is 6.77. The summed E-state index contributed by atoms with van der Waals surface area (Å²) in [7, 11) is 0. The SMILES string of the molecule is CCC(NC(=O)C(N)C(C)(C)C)C1CCCCC1. The number of carbonyl (C=O) groups excluding carboxylic acids is 1. The molecule has 1 rings (SSSR count). The first-order chi connectivity index (χ1) is 8.36. The van der Waals surface area contributed by atoms with Gasteiger partial charge < -0.3 is 11.1 Å². The summed E-state index contributed by atoms with van der Waals surface area (Å²) in [4.78, 5) is 12.2. The van der Waals surface area contributed by atoms with E-state index in [0.29, 0.717) is 12.0 Å². The number of nitrogens with two attached hydrogens (primary N) is 1. The third kappa shape index (κ3) is 4.27. The fourth-order valence-electron chi connectivity index (χ4n) is 2.76. The average Bonchev–Trinajstić information content (AvgIpc) is 2.34. The minimum atomic E-state index is -0.421. The molecule has 0 aromatic heterocycles. The molecule has 18 heavy (non-hydrogen) atoms. The van der Waals surface area contributed by atoms with Crippen LogP contribution < -0.4 is 11.1 Å². The van der Waals surface area contributed by atoms with Crippen LogP contribution in [0.2, 0.25) is 0 Å². The highest BCUT2D eigenvalue weighted by Crippen LogP contribution is 2.28. The molecule has 2 atom stereocenters. The van der Waals surface area contributed by atoms with Gasteiger partial charge in [-0.25, -0.2) is 0 Å². The van der Waals surface area contributed by atoms with Crippen molar-refractivity contribution in [2.45, 2.75) is 78.3 Å². The van der Waals surface area contributed by atoms with E-state index >= 15 is 0 Å². The van der Waals surface area contributed by atoms with Crippen LogP contribution >= 0.6 is 0 Å². The van der Waals surface area contributed by atoms with E-state index in [9.17, 15) is 4.79 Å². The Morgan fingerprint density at radius 1 is 1.28 bits per heavy atom. The van der Waals surface area contributed by atoms with E-state index in [1.807, 2.05) is 20.8 Å². The van der Waals surface area contributed by atoms with Crippen molar-refractivity contribution in [2.24, 2.45) is 17.1 Å². The molecule has 0 heterocycles. The van der Waals surface area contributed by atoms with Crippen molar-refractivity contribution in [2.75, 3.05) is 0 Å². The van der Waals surface area contributed by atoms with E-state index in [2.05, 4.69) is 12.2 Å². The zero-order valence-corrected chi connectivity index (χ0v) is 12.5. The van der Waals surface area contributed by atoms with E-state index < -0.39 is 6.04 Å². The lowest BCUT2D eigenvalue weighted by atomic mass is 9.82. The van der Waals surface area contributed by atoms with E-state index in [0.717, 1.165) is 6.42 Å². The number of carbonyl (C=O) groups is 1. The van der Waals surface area contributed by atoms with Gasteiger partial charge >= 0.3 is 0 Å². The van der Waals surface area contributed by atoms with Gasteiger partial charge in [0.25, 0.3) is 0 Å². The molecule has 0 aromatic carbocycles. The molecule has 0 spiro atoms. The zero-order valence-electron chi connectivity index (χ0n) is 12.5. The van der Waals surface area contributed by atoms with Gasteiger partial charge in [-0.1, -0.05) is 47.0 Å². The van der Waals surface area contributed by atoms with Gasteiger partial charge in [0.2, 0.25) is 5.91 Å². The largest absolute Gasteiger partial charge is 0.352 e. The van der Waals surface area contributed by atoms with Crippen molar-refractivity contribution in [1.82, 2.24) is 5.32 Å². The number of nitrogens with one attached hydrogen (secondary N) is 1. The quantitative estimate of drug-likeness (QED) is 0.810. The number of hydrogen-bond donors (Lipinski definition) is 2. The Balaban J connectivity index is 2.54. The van der Waals surface area contributed by atoms with Crippen molar-refractivity contribution in [3.8, 4) is 0 Å². The van der Waals surface area contributed by atoms with Gasteiger partial charge in [0, 0.05) is 6.04 Å². The topological polar surface area (TPSA) is 55.1 Å². The average molecular weight is 254 g/mol. The Hall–Kier alpha value is -0.570. The lowest BCUT2D eigenvalue weighted by Gasteiger charge is -2.33. The molecule has 1 saturated carbocycles. The normalized spacial score (nSPS) is 21.4. The van der Waals surface area contributed by atoms with E-state index in [1.54, 1.807) is 0 Å². The molecule has 3 N–H and O–H groups in total. The Morgan fingerprint density at radius 3 is 2.28 bits per heavy atom. The molecule has 1 aliphatic rings. The van der Waals surface area contributed by atoms with Crippen LogP contribution in [-0.4, -0.2) is 18.0 Å². The number of amides is 1. The summed E-state index contributed by atoms with van der Waals surface area (Å²) in [6.07, 6.45) is 7.48. The summed E-state index contributed by atoms with van der Waals surface area (Å²) >= 11 is 0. The molecule has 2 unspecified atom stereocenters. The van der Waals surface area contributed by atoms with Gasteiger partial charge in [0.05, 0.1) is 6.04 Å². The Bertz CT molecular complexity index is 264. The summed E-state index contributed by atoms with van der Waals surface area (Å²) in [5.74, 6) is 0.666. The predicted molar refractivity (Wildman–Crippen MR) is 76.2 cm³/mol. The van der Waals surface area contributed by atoms with Crippen LogP contribution in [0.3, 0.4) is 0 Å². The van der Waals surface area contributed by atoms with Gasteiger partial charge in [-0.3, -0.25) is 4.79 Å².